The van der Waals surface area contributed by atoms with Crippen molar-refractivity contribution in [1.82, 2.24) is 10.2 Å². The van der Waals surface area contributed by atoms with Crippen molar-refractivity contribution in [1.29, 1.82) is 0 Å². The Labute approximate surface area is 333 Å². The van der Waals surface area contributed by atoms with Gasteiger partial charge in [0.1, 0.15) is 6.10 Å². The molecule has 9 nitrogen and oxygen atoms in total. The molecule has 0 radical (unpaired) electrons. The molecule has 6 saturated carbocycles. The smallest absolute Gasteiger partial charge is 0.309 e. The zero-order chi connectivity index (χ0) is 40.3. The Balaban J connectivity index is 1.10. The summed E-state index contributed by atoms with van der Waals surface area (Å²) in [6, 6.07) is 0.0450. The van der Waals surface area contributed by atoms with Crippen LogP contribution in [-0.4, -0.2) is 85.2 Å². The molecule has 4 N–H and O–H groups in total. The molecule has 1 saturated heterocycles. The first-order valence-corrected chi connectivity index (χ1v) is 23.8. The minimum atomic E-state index is -2.96. The number of aliphatic carboxylic acids is 1. The first kappa shape index (κ1) is 41.7. The molecule has 10 heteroatoms. The molecule has 0 bridgehead atoms. The lowest BCUT2D eigenvalue weighted by Gasteiger charge is -2.73. The average molecular weight is 786 g/mol. The number of carboxylic acid groups (broad SMARTS) is 1. The van der Waals surface area contributed by atoms with E-state index in [1.54, 1.807) is 0 Å². The van der Waals surface area contributed by atoms with Crippen LogP contribution >= 0.6 is 0 Å². The van der Waals surface area contributed by atoms with E-state index >= 15 is 0 Å². The van der Waals surface area contributed by atoms with Gasteiger partial charge < -0.3 is 20.9 Å². The minimum Gasteiger partial charge on any atom is -0.481 e. The maximum Gasteiger partial charge on any atom is 0.309 e. The number of ether oxygens (including phenoxy) is 1. The number of allylic oxidation sites excluding steroid dienone is 1. The molecule has 1 aliphatic heterocycles. The number of hydrogen-bond acceptors (Lipinski definition) is 8. The predicted octanol–water partition coefficient (Wildman–Crippen LogP) is 7.09. The van der Waals surface area contributed by atoms with Gasteiger partial charge in [0.05, 0.1) is 23.3 Å². The van der Waals surface area contributed by atoms with E-state index in [2.05, 4.69) is 65.3 Å². The van der Waals surface area contributed by atoms with Crippen LogP contribution in [0.1, 0.15) is 133 Å². The van der Waals surface area contributed by atoms with Crippen LogP contribution in [0.5, 0.6) is 0 Å². The van der Waals surface area contributed by atoms with Crippen LogP contribution in [0.4, 0.5) is 0 Å². The molecule has 7 aliphatic rings. The Morgan fingerprint density at radius 1 is 0.873 bits per heavy atom. The normalized spacial score (nSPS) is 46.7. The molecule has 0 unspecified atom stereocenters. The lowest BCUT2D eigenvalue weighted by molar-refractivity contribution is -0.248. The maximum absolute atomic E-state index is 13.6. The maximum atomic E-state index is 13.6. The summed E-state index contributed by atoms with van der Waals surface area (Å²) in [4.78, 5) is 27.8. The third-order valence-electron chi connectivity index (χ3n) is 19.2. The number of sulfone groups is 1. The standard InChI is InChI=1S/C45H75N3O6S/c1-27(2)29-13-18-45(47-26-33(28(3)46)48-21-23-55(52,53)24-22-48)20-19-43(9)30(37(29)45)11-12-35-42(8)16-15-36(41(6,7)34(42)14-17-44(35,43)10)54-39(51)32-25-31(38(49)50)40(32,4)5/h28-37,47H,1,11-26,46H2,2-10H3,(H,49,50)/t28-,29+,30-,31+,32-,33-,34+,35-,36+,37-,42+,43-,44-,45+/m1/s1. The van der Waals surface area contributed by atoms with Crippen LogP contribution < -0.4 is 11.1 Å². The van der Waals surface area contributed by atoms with Gasteiger partial charge in [-0.05, 0) is 136 Å². The summed E-state index contributed by atoms with van der Waals surface area (Å²) in [5.41, 5.74) is 7.81. The topological polar surface area (TPSA) is 139 Å². The second kappa shape index (κ2) is 13.8. The molecule has 0 aromatic heterocycles. The van der Waals surface area contributed by atoms with E-state index in [4.69, 9.17) is 10.5 Å². The third kappa shape index (κ3) is 6.33. The Kier molecular flexibility index (Phi) is 10.4. The molecule has 0 aromatic carbocycles. The van der Waals surface area contributed by atoms with Gasteiger partial charge in [0.15, 0.2) is 9.84 Å². The average Bonchev–Trinajstić information content (AvgIpc) is 3.46. The van der Waals surface area contributed by atoms with E-state index in [1.165, 1.54) is 37.7 Å². The summed E-state index contributed by atoms with van der Waals surface area (Å²) < 4.78 is 31.0. The molecule has 7 fully saturated rings. The number of carbonyl (C=O) groups excluding carboxylic acids is 1. The van der Waals surface area contributed by atoms with Crippen molar-refractivity contribution >= 4 is 21.8 Å². The molecule has 7 rings (SSSR count). The zero-order valence-electron chi connectivity index (χ0n) is 35.7. The fourth-order valence-electron chi connectivity index (χ4n) is 15.6. The number of rotatable bonds is 9. The molecule has 312 valence electrons. The van der Waals surface area contributed by atoms with Gasteiger partial charge in [0.2, 0.25) is 0 Å². The van der Waals surface area contributed by atoms with Gasteiger partial charge in [0.25, 0.3) is 0 Å². The third-order valence-corrected chi connectivity index (χ3v) is 20.8. The van der Waals surface area contributed by atoms with Gasteiger partial charge in [-0.1, -0.05) is 60.6 Å². The van der Waals surface area contributed by atoms with E-state index < -0.39 is 27.1 Å². The van der Waals surface area contributed by atoms with E-state index in [1.807, 2.05) is 13.8 Å². The highest BCUT2D eigenvalue weighted by Gasteiger charge is 2.71. The van der Waals surface area contributed by atoms with Crippen molar-refractivity contribution in [3.63, 3.8) is 0 Å². The van der Waals surface area contributed by atoms with Gasteiger partial charge in [0, 0.05) is 42.7 Å². The van der Waals surface area contributed by atoms with E-state index in [-0.39, 0.29) is 68.8 Å². The van der Waals surface area contributed by atoms with Crippen molar-refractivity contribution < 1.29 is 27.9 Å². The molecule has 0 amide bonds. The van der Waals surface area contributed by atoms with Crippen LogP contribution in [0.15, 0.2) is 12.2 Å². The summed E-state index contributed by atoms with van der Waals surface area (Å²) in [6.07, 6.45) is 11.6. The summed E-state index contributed by atoms with van der Waals surface area (Å²) in [5, 5.41) is 13.9. The number of esters is 1. The Morgan fingerprint density at radius 2 is 1.55 bits per heavy atom. The van der Waals surface area contributed by atoms with E-state index in [0.717, 1.165) is 38.6 Å². The summed E-state index contributed by atoms with van der Waals surface area (Å²) in [7, 11) is -2.96. The Hall–Kier alpha value is -1.49. The van der Waals surface area contributed by atoms with Crippen LogP contribution in [0.3, 0.4) is 0 Å². The van der Waals surface area contributed by atoms with Crippen molar-refractivity contribution in [3.8, 4) is 0 Å². The monoisotopic (exact) mass is 786 g/mol. The number of nitrogens with two attached hydrogens (primary N) is 1. The number of fused-ring (bicyclic) bond motifs is 7. The Morgan fingerprint density at radius 3 is 2.15 bits per heavy atom. The van der Waals surface area contributed by atoms with Gasteiger partial charge in [-0.3, -0.25) is 14.5 Å². The van der Waals surface area contributed by atoms with Gasteiger partial charge in [-0.25, -0.2) is 8.42 Å². The fraction of sp³-hybridized carbons (Fsp3) is 0.911. The number of carboxylic acids is 1. The van der Waals surface area contributed by atoms with E-state index in [9.17, 15) is 23.1 Å². The fourth-order valence-corrected chi connectivity index (χ4v) is 16.8. The van der Waals surface area contributed by atoms with Gasteiger partial charge in [-0.15, -0.1) is 0 Å². The molecular weight excluding hydrogens is 711 g/mol. The quantitative estimate of drug-likeness (QED) is 0.165. The molecule has 14 atom stereocenters. The lowest BCUT2D eigenvalue weighted by atomic mass is 9.32. The number of carbonyl (C=O) groups is 2. The largest absolute Gasteiger partial charge is 0.481 e. The van der Waals surface area contributed by atoms with Gasteiger partial charge >= 0.3 is 11.9 Å². The molecular formula is C45H75N3O6S. The van der Waals surface area contributed by atoms with Crippen LogP contribution in [0.2, 0.25) is 0 Å². The second-order valence-electron chi connectivity index (χ2n) is 22.1. The number of nitrogens with zero attached hydrogens (tertiary/aromatic N) is 1. The highest BCUT2D eigenvalue weighted by Crippen LogP contribution is 2.76. The van der Waals surface area contributed by atoms with Crippen molar-refractivity contribution in [2.75, 3.05) is 31.1 Å². The number of hydrogen-bond donors (Lipinski definition) is 3. The second-order valence-corrected chi connectivity index (χ2v) is 24.4. The predicted molar refractivity (Wildman–Crippen MR) is 218 cm³/mol. The molecule has 6 aliphatic carbocycles. The van der Waals surface area contributed by atoms with Crippen LogP contribution in [0, 0.1) is 68.5 Å². The van der Waals surface area contributed by atoms with Gasteiger partial charge in [-0.2, -0.15) is 0 Å². The molecule has 0 spiro atoms. The lowest BCUT2D eigenvalue weighted by Crippen LogP contribution is -2.69. The highest BCUT2D eigenvalue weighted by atomic mass is 32.2. The summed E-state index contributed by atoms with van der Waals surface area (Å²) >= 11 is 0. The number of nitrogens with one attached hydrogen (secondary N) is 1. The highest BCUT2D eigenvalue weighted by molar-refractivity contribution is 7.91. The summed E-state index contributed by atoms with van der Waals surface area (Å²) in [6.45, 7) is 27.3. The summed E-state index contributed by atoms with van der Waals surface area (Å²) in [5.74, 6) is 1.23. The molecule has 0 aromatic rings. The molecule has 55 heavy (non-hydrogen) atoms. The first-order valence-electron chi connectivity index (χ1n) is 22.0. The van der Waals surface area contributed by atoms with Crippen LogP contribution in [0.25, 0.3) is 0 Å². The SMILES string of the molecule is C=C(C)[C@@H]1CC[C@]2(NC[C@H]([C@@H](C)N)N3CCS(=O)(=O)CC3)CC[C@]3(C)[C@H](CC[C@@H]4[C@@]5(C)CC[C@H](OC(=O)[C@H]6C[C@@H](C(=O)O)C6(C)C)C(C)(C)[C@@H]5CC[C@]43C)[C@@H]12. The van der Waals surface area contributed by atoms with Crippen molar-refractivity contribution in [2.24, 2.45) is 74.2 Å². The van der Waals surface area contributed by atoms with E-state index in [0.29, 0.717) is 49.1 Å². The minimum absolute atomic E-state index is 0.0382. The molecule has 1 heterocycles. The zero-order valence-corrected chi connectivity index (χ0v) is 36.5. The first-order chi connectivity index (χ1) is 25.5. The van der Waals surface area contributed by atoms with Crippen LogP contribution in [-0.2, 0) is 24.2 Å². The van der Waals surface area contributed by atoms with Crippen molar-refractivity contribution in [2.45, 2.75) is 157 Å². The van der Waals surface area contributed by atoms with Crippen molar-refractivity contribution in [3.05, 3.63) is 12.2 Å². The Bertz CT molecular complexity index is 1650.